The number of likely N-dealkylation sites (tertiary alicyclic amines) is 1. The van der Waals surface area contributed by atoms with Gasteiger partial charge in [0.05, 0.1) is 0 Å². The van der Waals surface area contributed by atoms with E-state index in [0.29, 0.717) is 6.04 Å². The molecule has 1 aliphatic heterocycles. The summed E-state index contributed by atoms with van der Waals surface area (Å²) in [5.74, 6) is 0. The molecule has 0 radical (unpaired) electrons. The Morgan fingerprint density at radius 3 is 2.40 bits per heavy atom. The lowest BCUT2D eigenvalue weighted by Crippen LogP contribution is -2.49. The molecule has 1 fully saturated rings. The van der Waals surface area contributed by atoms with Gasteiger partial charge in [0.2, 0.25) is 0 Å². The highest BCUT2D eigenvalue weighted by Crippen LogP contribution is 2.18. The maximum atomic E-state index is 12.0. The lowest BCUT2D eigenvalue weighted by atomic mass is 10.0. The lowest BCUT2D eigenvalue weighted by Gasteiger charge is -2.38. The third-order valence-corrected chi connectivity index (χ3v) is 3.69. The highest BCUT2D eigenvalue weighted by Gasteiger charge is 2.28. The number of ether oxygens (including phenoxy) is 1. The van der Waals surface area contributed by atoms with Gasteiger partial charge in [0.15, 0.2) is 0 Å². The van der Waals surface area contributed by atoms with E-state index >= 15 is 0 Å². The van der Waals surface area contributed by atoms with Crippen LogP contribution in [-0.4, -0.2) is 67.3 Å². The highest BCUT2D eigenvalue weighted by molar-refractivity contribution is 5.68. The van der Waals surface area contributed by atoms with Crippen LogP contribution < -0.4 is 5.32 Å². The number of rotatable bonds is 5. The van der Waals surface area contributed by atoms with Crippen molar-refractivity contribution in [2.75, 3.05) is 39.8 Å². The number of carbonyl (C=O) groups excluding carboxylic acids is 1. The second-order valence-corrected chi connectivity index (χ2v) is 6.43. The number of carbonyl (C=O) groups is 1. The first-order valence-corrected chi connectivity index (χ1v) is 7.74. The van der Waals surface area contributed by atoms with Crippen LogP contribution in [0.2, 0.25) is 0 Å². The van der Waals surface area contributed by atoms with Gasteiger partial charge in [0.1, 0.15) is 5.60 Å². The van der Waals surface area contributed by atoms with Crippen LogP contribution in [0.15, 0.2) is 0 Å². The van der Waals surface area contributed by atoms with Gasteiger partial charge < -0.3 is 15.0 Å². The minimum absolute atomic E-state index is 0.172. The molecule has 1 N–H and O–H groups in total. The van der Waals surface area contributed by atoms with Crippen LogP contribution in [-0.2, 0) is 4.74 Å². The molecule has 0 aromatic carbocycles. The van der Waals surface area contributed by atoms with Gasteiger partial charge in [-0.05, 0) is 47.2 Å². The molecule has 1 aliphatic rings. The van der Waals surface area contributed by atoms with E-state index in [1.807, 2.05) is 32.7 Å². The average molecular weight is 285 g/mol. The minimum atomic E-state index is -0.407. The molecule has 0 unspecified atom stereocenters. The Kier molecular flexibility index (Phi) is 6.76. The Bertz CT molecular complexity index is 294. The third kappa shape index (κ3) is 5.67. The number of nitrogens with zero attached hydrogens (tertiary/aromatic N) is 2. The SMILES string of the molecule is CCN(CCNC)C1CCN(C(=O)OC(C)(C)C)CC1. The molecule has 5 nitrogen and oxygen atoms in total. The molecule has 0 spiro atoms. The number of hydrogen-bond acceptors (Lipinski definition) is 4. The van der Waals surface area contributed by atoms with Crippen molar-refractivity contribution in [2.24, 2.45) is 0 Å². The maximum Gasteiger partial charge on any atom is 0.410 e. The smallest absolute Gasteiger partial charge is 0.410 e. The molecule has 0 aromatic rings. The molecule has 1 rings (SSSR count). The fourth-order valence-electron chi connectivity index (χ4n) is 2.59. The summed E-state index contributed by atoms with van der Waals surface area (Å²) in [6.45, 7) is 12.7. The first-order valence-electron chi connectivity index (χ1n) is 7.74. The van der Waals surface area contributed by atoms with E-state index in [4.69, 9.17) is 4.74 Å². The molecule has 0 aliphatic carbocycles. The molecular formula is C15H31N3O2. The van der Waals surface area contributed by atoms with Crippen molar-refractivity contribution in [2.45, 2.75) is 52.2 Å². The van der Waals surface area contributed by atoms with E-state index in [-0.39, 0.29) is 6.09 Å². The van der Waals surface area contributed by atoms with Crippen molar-refractivity contribution in [1.82, 2.24) is 15.1 Å². The largest absolute Gasteiger partial charge is 0.444 e. The normalized spacial score (nSPS) is 17.6. The monoisotopic (exact) mass is 285 g/mol. The first-order chi connectivity index (χ1) is 9.37. The molecule has 0 bridgehead atoms. The Balaban J connectivity index is 2.40. The fourth-order valence-corrected chi connectivity index (χ4v) is 2.59. The predicted octanol–water partition coefficient (Wildman–Crippen LogP) is 1.93. The van der Waals surface area contributed by atoms with Crippen LogP contribution in [0.4, 0.5) is 4.79 Å². The standard InChI is InChI=1S/C15H31N3O2/c1-6-17(12-9-16-5)13-7-10-18(11-8-13)14(19)20-15(2,3)4/h13,16H,6-12H2,1-5H3. The Morgan fingerprint density at radius 2 is 1.95 bits per heavy atom. The van der Waals surface area contributed by atoms with Gasteiger partial charge in [-0.25, -0.2) is 4.79 Å². The third-order valence-electron chi connectivity index (χ3n) is 3.69. The zero-order valence-electron chi connectivity index (χ0n) is 13.7. The van der Waals surface area contributed by atoms with Gasteiger partial charge in [0, 0.05) is 32.2 Å². The molecule has 20 heavy (non-hydrogen) atoms. The molecule has 0 atom stereocenters. The van der Waals surface area contributed by atoms with Crippen molar-refractivity contribution in [3.8, 4) is 0 Å². The minimum Gasteiger partial charge on any atom is -0.444 e. The number of nitrogens with one attached hydrogen (secondary N) is 1. The molecule has 5 heteroatoms. The topological polar surface area (TPSA) is 44.8 Å². The average Bonchev–Trinajstić information content (AvgIpc) is 2.38. The van der Waals surface area contributed by atoms with E-state index < -0.39 is 5.60 Å². The predicted molar refractivity (Wildman–Crippen MR) is 82.0 cm³/mol. The molecule has 1 amide bonds. The second kappa shape index (κ2) is 7.84. The van der Waals surface area contributed by atoms with Crippen molar-refractivity contribution < 1.29 is 9.53 Å². The summed E-state index contributed by atoms with van der Waals surface area (Å²) in [7, 11) is 1.99. The van der Waals surface area contributed by atoms with Crippen molar-refractivity contribution in [3.63, 3.8) is 0 Å². The molecule has 1 saturated heterocycles. The quantitative estimate of drug-likeness (QED) is 0.838. The number of piperidine rings is 1. The van der Waals surface area contributed by atoms with E-state index in [9.17, 15) is 4.79 Å². The van der Waals surface area contributed by atoms with E-state index in [1.54, 1.807) is 0 Å². The molecule has 0 saturated carbocycles. The molecular weight excluding hydrogens is 254 g/mol. The summed E-state index contributed by atoms with van der Waals surface area (Å²) in [6.07, 6.45) is 1.90. The van der Waals surface area contributed by atoms with Crippen LogP contribution >= 0.6 is 0 Å². The summed E-state index contributed by atoms with van der Waals surface area (Å²) in [6, 6.07) is 0.590. The van der Waals surface area contributed by atoms with Gasteiger partial charge in [-0.15, -0.1) is 0 Å². The Hall–Kier alpha value is -0.810. The Labute approximate surface area is 123 Å². The summed E-state index contributed by atoms with van der Waals surface area (Å²) in [4.78, 5) is 16.4. The van der Waals surface area contributed by atoms with Crippen LogP contribution in [0.25, 0.3) is 0 Å². The summed E-state index contributed by atoms with van der Waals surface area (Å²) in [5.41, 5.74) is -0.407. The number of amides is 1. The van der Waals surface area contributed by atoms with Crippen LogP contribution in [0.1, 0.15) is 40.5 Å². The van der Waals surface area contributed by atoms with Crippen LogP contribution in [0, 0.1) is 0 Å². The van der Waals surface area contributed by atoms with Crippen molar-refractivity contribution in [3.05, 3.63) is 0 Å². The zero-order chi connectivity index (χ0) is 15.2. The maximum absolute atomic E-state index is 12.0. The number of hydrogen-bond donors (Lipinski definition) is 1. The van der Waals surface area contributed by atoms with Gasteiger partial charge in [-0.3, -0.25) is 4.90 Å². The van der Waals surface area contributed by atoms with E-state index in [0.717, 1.165) is 45.6 Å². The first kappa shape index (κ1) is 17.2. The number of likely N-dealkylation sites (N-methyl/N-ethyl adjacent to an activating group) is 2. The summed E-state index contributed by atoms with van der Waals surface area (Å²) in [5, 5.41) is 3.20. The summed E-state index contributed by atoms with van der Waals surface area (Å²) >= 11 is 0. The van der Waals surface area contributed by atoms with Crippen LogP contribution in [0.3, 0.4) is 0 Å². The Morgan fingerprint density at radius 1 is 1.35 bits per heavy atom. The van der Waals surface area contributed by atoms with E-state index in [2.05, 4.69) is 17.1 Å². The zero-order valence-corrected chi connectivity index (χ0v) is 13.7. The second-order valence-electron chi connectivity index (χ2n) is 6.43. The van der Waals surface area contributed by atoms with Crippen LogP contribution in [0.5, 0.6) is 0 Å². The van der Waals surface area contributed by atoms with Gasteiger partial charge in [-0.2, -0.15) is 0 Å². The molecule has 0 aromatic heterocycles. The van der Waals surface area contributed by atoms with Crippen molar-refractivity contribution in [1.29, 1.82) is 0 Å². The lowest BCUT2D eigenvalue weighted by molar-refractivity contribution is 0.0147. The fraction of sp³-hybridized carbons (Fsp3) is 0.933. The van der Waals surface area contributed by atoms with Crippen molar-refractivity contribution >= 4 is 6.09 Å². The highest BCUT2D eigenvalue weighted by atomic mass is 16.6. The molecule has 1 heterocycles. The van der Waals surface area contributed by atoms with Gasteiger partial charge in [0.25, 0.3) is 0 Å². The summed E-state index contributed by atoms with van der Waals surface area (Å²) < 4.78 is 5.43. The van der Waals surface area contributed by atoms with Gasteiger partial charge in [-0.1, -0.05) is 6.92 Å². The van der Waals surface area contributed by atoms with E-state index in [1.165, 1.54) is 0 Å². The molecule has 118 valence electrons. The van der Waals surface area contributed by atoms with Gasteiger partial charge >= 0.3 is 6.09 Å².